The molecule has 0 aliphatic rings. The maximum atomic E-state index is 10.9. The summed E-state index contributed by atoms with van der Waals surface area (Å²) in [5.74, 6) is -0.875. The van der Waals surface area contributed by atoms with Gasteiger partial charge in [-0.3, -0.25) is 0 Å². The summed E-state index contributed by atoms with van der Waals surface area (Å²) in [6, 6.07) is 9.56. The van der Waals surface area contributed by atoms with Crippen molar-refractivity contribution in [2.45, 2.75) is 13.5 Å². The van der Waals surface area contributed by atoms with E-state index in [-0.39, 0.29) is 0 Å². The van der Waals surface area contributed by atoms with Crippen LogP contribution in [0.5, 0.6) is 0 Å². The van der Waals surface area contributed by atoms with Crippen LogP contribution in [0.25, 0.3) is 0 Å². The predicted molar refractivity (Wildman–Crippen MR) is 74.6 cm³/mol. The highest BCUT2D eigenvalue weighted by molar-refractivity contribution is 7.09. The molecule has 1 N–H and O–H groups in total. The molecule has 0 bridgehead atoms. The molecule has 3 nitrogen and oxygen atoms in total. The van der Waals surface area contributed by atoms with Crippen LogP contribution in [0.4, 0.5) is 5.69 Å². The number of thiophene rings is 1. The predicted octanol–water partition coefficient (Wildman–Crippen LogP) is 3.39. The van der Waals surface area contributed by atoms with E-state index >= 15 is 0 Å². The van der Waals surface area contributed by atoms with Crippen LogP contribution in [0.3, 0.4) is 0 Å². The molecule has 0 saturated carbocycles. The van der Waals surface area contributed by atoms with Crippen LogP contribution in [0.2, 0.25) is 0 Å². The van der Waals surface area contributed by atoms with Gasteiger partial charge in [0.1, 0.15) is 0 Å². The molecular weight excluding hydrogens is 246 g/mol. The third kappa shape index (κ3) is 2.71. The molecular formula is C14H15NO2S. The Morgan fingerprint density at radius 1 is 1.39 bits per heavy atom. The van der Waals surface area contributed by atoms with E-state index in [2.05, 4.69) is 16.3 Å². The van der Waals surface area contributed by atoms with Crippen molar-refractivity contribution in [2.24, 2.45) is 0 Å². The molecule has 0 aliphatic heterocycles. The molecule has 0 saturated heterocycles. The van der Waals surface area contributed by atoms with E-state index in [0.29, 0.717) is 5.56 Å². The zero-order chi connectivity index (χ0) is 13.1. The van der Waals surface area contributed by atoms with Crippen LogP contribution >= 0.6 is 11.3 Å². The molecule has 0 aliphatic carbocycles. The molecule has 0 spiro atoms. The standard InChI is InChI=1S/C14H15NO2S/c1-10-8-11(5-6-13(10)14(16)17)15(2)9-12-4-3-7-18-12/h3-8H,9H2,1-2H3,(H,16,17). The highest BCUT2D eigenvalue weighted by atomic mass is 32.1. The quantitative estimate of drug-likeness (QED) is 0.917. The lowest BCUT2D eigenvalue weighted by Gasteiger charge is -2.19. The Balaban J connectivity index is 2.18. The number of anilines is 1. The third-order valence-electron chi connectivity index (χ3n) is 2.85. The molecule has 1 aromatic carbocycles. The minimum atomic E-state index is -0.875. The first kappa shape index (κ1) is 12.6. The lowest BCUT2D eigenvalue weighted by atomic mass is 10.1. The van der Waals surface area contributed by atoms with Gasteiger partial charge in [-0.25, -0.2) is 4.79 Å². The van der Waals surface area contributed by atoms with Gasteiger partial charge >= 0.3 is 5.97 Å². The molecule has 2 aromatic rings. The van der Waals surface area contributed by atoms with Crippen LogP contribution < -0.4 is 4.90 Å². The number of rotatable bonds is 4. The monoisotopic (exact) mass is 261 g/mol. The molecule has 94 valence electrons. The maximum absolute atomic E-state index is 10.9. The van der Waals surface area contributed by atoms with Crippen molar-refractivity contribution in [1.82, 2.24) is 0 Å². The van der Waals surface area contributed by atoms with Crippen molar-refractivity contribution in [3.05, 3.63) is 51.7 Å². The number of aromatic carboxylic acids is 1. The van der Waals surface area contributed by atoms with Gasteiger partial charge in [-0.05, 0) is 42.1 Å². The van der Waals surface area contributed by atoms with Gasteiger partial charge < -0.3 is 10.0 Å². The summed E-state index contributed by atoms with van der Waals surface area (Å²) in [6.45, 7) is 2.66. The first-order chi connectivity index (χ1) is 8.58. The van der Waals surface area contributed by atoms with Crippen molar-refractivity contribution < 1.29 is 9.90 Å². The van der Waals surface area contributed by atoms with Crippen LogP contribution in [0.15, 0.2) is 35.7 Å². The Hall–Kier alpha value is -1.81. The minimum absolute atomic E-state index is 0.364. The van der Waals surface area contributed by atoms with Crippen molar-refractivity contribution in [3.8, 4) is 0 Å². The highest BCUT2D eigenvalue weighted by Crippen LogP contribution is 2.21. The van der Waals surface area contributed by atoms with Gasteiger partial charge in [0.15, 0.2) is 0 Å². The van der Waals surface area contributed by atoms with Crippen molar-refractivity contribution in [1.29, 1.82) is 0 Å². The summed E-state index contributed by atoms with van der Waals surface area (Å²) in [7, 11) is 2.01. The molecule has 0 amide bonds. The lowest BCUT2D eigenvalue weighted by Crippen LogP contribution is -2.16. The van der Waals surface area contributed by atoms with Crippen molar-refractivity contribution in [3.63, 3.8) is 0 Å². The fourth-order valence-corrected chi connectivity index (χ4v) is 2.61. The highest BCUT2D eigenvalue weighted by Gasteiger charge is 2.09. The number of nitrogens with zero attached hydrogens (tertiary/aromatic N) is 1. The van der Waals surface area contributed by atoms with Gasteiger partial charge in [0.2, 0.25) is 0 Å². The fourth-order valence-electron chi connectivity index (χ4n) is 1.85. The largest absolute Gasteiger partial charge is 0.478 e. The van der Waals surface area contributed by atoms with Gasteiger partial charge in [0.25, 0.3) is 0 Å². The Morgan fingerprint density at radius 3 is 2.72 bits per heavy atom. The average molecular weight is 261 g/mol. The van der Waals surface area contributed by atoms with Gasteiger partial charge in [-0.2, -0.15) is 0 Å². The normalized spacial score (nSPS) is 10.3. The second kappa shape index (κ2) is 5.23. The summed E-state index contributed by atoms with van der Waals surface area (Å²) < 4.78 is 0. The summed E-state index contributed by atoms with van der Waals surface area (Å²) in [6.07, 6.45) is 0. The molecule has 4 heteroatoms. The van der Waals surface area contributed by atoms with Gasteiger partial charge in [0.05, 0.1) is 12.1 Å². The van der Waals surface area contributed by atoms with Crippen LogP contribution in [0.1, 0.15) is 20.8 Å². The van der Waals surface area contributed by atoms with Gasteiger partial charge in [0, 0.05) is 17.6 Å². The number of carbonyl (C=O) groups is 1. The first-order valence-electron chi connectivity index (χ1n) is 5.65. The van der Waals surface area contributed by atoms with Crippen LogP contribution in [-0.2, 0) is 6.54 Å². The molecule has 0 fully saturated rings. The number of hydrogen-bond acceptors (Lipinski definition) is 3. The van der Waals surface area contributed by atoms with Crippen LogP contribution in [0, 0.1) is 6.92 Å². The summed E-state index contributed by atoms with van der Waals surface area (Å²) in [5.41, 5.74) is 2.19. The zero-order valence-corrected chi connectivity index (χ0v) is 11.2. The molecule has 1 aromatic heterocycles. The smallest absolute Gasteiger partial charge is 0.335 e. The summed E-state index contributed by atoms with van der Waals surface area (Å²) >= 11 is 1.72. The molecule has 2 rings (SSSR count). The van der Waals surface area contributed by atoms with E-state index in [1.165, 1.54) is 4.88 Å². The second-order valence-corrected chi connectivity index (χ2v) is 5.27. The van der Waals surface area contributed by atoms with E-state index < -0.39 is 5.97 Å². The number of benzene rings is 1. The average Bonchev–Trinajstić information content (AvgIpc) is 2.81. The van der Waals surface area contributed by atoms with Gasteiger partial charge in [-0.1, -0.05) is 6.07 Å². The van der Waals surface area contributed by atoms with E-state index in [1.807, 2.05) is 32.2 Å². The zero-order valence-electron chi connectivity index (χ0n) is 10.4. The number of carboxylic acid groups (broad SMARTS) is 1. The minimum Gasteiger partial charge on any atom is -0.478 e. The summed E-state index contributed by atoms with van der Waals surface area (Å²) in [4.78, 5) is 14.4. The van der Waals surface area contributed by atoms with E-state index in [4.69, 9.17) is 5.11 Å². The Kier molecular flexibility index (Phi) is 3.67. The fraction of sp³-hybridized carbons (Fsp3) is 0.214. The van der Waals surface area contributed by atoms with Crippen molar-refractivity contribution >= 4 is 23.0 Å². The van der Waals surface area contributed by atoms with E-state index in [1.54, 1.807) is 17.4 Å². The summed E-state index contributed by atoms with van der Waals surface area (Å²) in [5, 5.41) is 11.0. The lowest BCUT2D eigenvalue weighted by molar-refractivity contribution is 0.0696. The second-order valence-electron chi connectivity index (χ2n) is 4.24. The van der Waals surface area contributed by atoms with E-state index in [9.17, 15) is 4.79 Å². The first-order valence-corrected chi connectivity index (χ1v) is 6.53. The molecule has 0 radical (unpaired) electrons. The third-order valence-corrected chi connectivity index (χ3v) is 3.72. The SMILES string of the molecule is Cc1cc(N(C)Cc2cccs2)ccc1C(=O)O. The molecule has 18 heavy (non-hydrogen) atoms. The van der Waals surface area contributed by atoms with Crippen molar-refractivity contribution in [2.75, 3.05) is 11.9 Å². The number of hydrogen-bond donors (Lipinski definition) is 1. The maximum Gasteiger partial charge on any atom is 0.335 e. The van der Waals surface area contributed by atoms with Crippen LogP contribution in [-0.4, -0.2) is 18.1 Å². The Labute approximate surface area is 110 Å². The Morgan fingerprint density at radius 2 is 2.17 bits per heavy atom. The van der Waals surface area contributed by atoms with E-state index in [0.717, 1.165) is 17.8 Å². The molecule has 0 atom stereocenters. The Bertz CT molecular complexity index is 549. The molecule has 0 unspecified atom stereocenters. The van der Waals surface area contributed by atoms with Gasteiger partial charge in [-0.15, -0.1) is 11.3 Å². The number of aryl methyl sites for hydroxylation is 1. The topological polar surface area (TPSA) is 40.5 Å². The molecule has 1 heterocycles. The number of carboxylic acids is 1.